The molecule has 0 bridgehead atoms. The van der Waals surface area contributed by atoms with Gasteiger partial charge in [-0.25, -0.2) is 4.79 Å². The van der Waals surface area contributed by atoms with Crippen LogP contribution in [0.2, 0.25) is 0 Å². The average Bonchev–Trinajstić information content (AvgIpc) is 2.92. The molecule has 0 heterocycles. The molecule has 0 aromatic heterocycles. The van der Waals surface area contributed by atoms with Crippen LogP contribution in [0.5, 0.6) is 5.75 Å². The second-order valence-electron chi connectivity index (χ2n) is 10.2. The van der Waals surface area contributed by atoms with Gasteiger partial charge in [-0.3, -0.25) is 4.55 Å². The number of carbonyl (C=O) groups excluding carboxylic acids is 1. The maximum absolute atomic E-state index is 13.3. The number of esters is 1. The standard InChI is InChI=1S/C14H15F5O5S.C14H19F3O2/c1-3-8(2)9-4-6-10(7-5-9)11(20)24-12(13(15,16)17)14(18,19)25(21,22)23;1-4-10(2)11-5-7-12(8-6-11)19-9-13(3,18)14(15,16)17/h4-8,12H,3H2,1-2H3,(H,21,22,23);5-8,10,18H,4,9H2,1-3H3. The van der Waals surface area contributed by atoms with E-state index in [2.05, 4.69) is 18.6 Å². The monoisotopic (exact) mass is 666 g/mol. The van der Waals surface area contributed by atoms with E-state index in [-0.39, 0.29) is 5.92 Å². The van der Waals surface area contributed by atoms with Crippen molar-refractivity contribution in [3.05, 3.63) is 65.2 Å². The van der Waals surface area contributed by atoms with Crippen molar-refractivity contribution in [2.75, 3.05) is 6.61 Å². The first-order valence-electron chi connectivity index (χ1n) is 13.1. The van der Waals surface area contributed by atoms with Gasteiger partial charge in [0.1, 0.15) is 12.4 Å². The Morgan fingerprint density at radius 2 is 1.23 bits per heavy atom. The van der Waals surface area contributed by atoms with Gasteiger partial charge in [0.15, 0.2) is 5.60 Å². The van der Waals surface area contributed by atoms with Crippen molar-refractivity contribution in [1.29, 1.82) is 0 Å². The van der Waals surface area contributed by atoms with Crippen molar-refractivity contribution in [3.63, 3.8) is 0 Å². The molecule has 0 radical (unpaired) electrons. The Balaban J connectivity index is 0.000000457. The average molecular weight is 667 g/mol. The topological polar surface area (TPSA) is 110 Å². The van der Waals surface area contributed by atoms with E-state index < -0.39 is 57.6 Å². The largest absolute Gasteiger partial charge is 0.490 e. The first-order chi connectivity index (χ1) is 19.9. The van der Waals surface area contributed by atoms with Crippen molar-refractivity contribution >= 4 is 16.1 Å². The fourth-order valence-corrected chi connectivity index (χ4v) is 3.71. The molecule has 4 atom stereocenters. The number of hydrogen-bond donors (Lipinski definition) is 2. The van der Waals surface area contributed by atoms with Gasteiger partial charge in [-0.2, -0.15) is 43.5 Å². The number of alkyl halides is 8. The van der Waals surface area contributed by atoms with E-state index in [4.69, 9.17) is 9.29 Å². The highest BCUT2D eigenvalue weighted by molar-refractivity contribution is 7.86. The van der Waals surface area contributed by atoms with E-state index in [0.717, 1.165) is 36.1 Å². The van der Waals surface area contributed by atoms with Gasteiger partial charge in [-0.1, -0.05) is 52.0 Å². The predicted octanol–water partition coefficient (Wildman–Crippen LogP) is 7.66. The van der Waals surface area contributed by atoms with Gasteiger partial charge in [-0.15, -0.1) is 0 Å². The normalized spacial score (nSPS) is 16.1. The van der Waals surface area contributed by atoms with Crippen LogP contribution in [0.1, 0.15) is 80.8 Å². The van der Waals surface area contributed by atoms with Crippen LogP contribution in [-0.4, -0.2) is 60.0 Å². The Bertz CT molecular complexity index is 1310. The van der Waals surface area contributed by atoms with Crippen LogP contribution < -0.4 is 4.74 Å². The summed E-state index contributed by atoms with van der Waals surface area (Å²) in [6, 6.07) is 11.9. The maximum Gasteiger partial charge on any atom is 0.432 e. The first-order valence-corrected chi connectivity index (χ1v) is 14.6. The molecule has 2 rings (SSSR count). The van der Waals surface area contributed by atoms with Crippen molar-refractivity contribution in [2.45, 2.75) is 88.6 Å². The highest BCUT2D eigenvalue weighted by Gasteiger charge is 2.66. The van der Waals surface area contributed by atoms with Crippen molar-refractivity contribution in [3.8, 4) is 5.75 Å². The number of halogens is 8. The molecule has 0 aliphatic carbocycles. The third-order valence-corrected chi connectivity index (χ3v) is 7.59. The van der Waals surface area contributed by atoms with Crippen LogP contribution in [0.3, 0.4) is 0 Å². The Morgan fingerprint density at radius 1 is 0.818 bits per heavy atom. The van der Waals surface area contributed by atoms with Crippen LogP contribution in [0.25, 0.3) is 0 Å². The second-order valence-corrected chi connectivity index (χ2v) is 11.7. The molecule has 44 heavy (non-hydrogen) atoms. The fourth-order valence-electron chi connectivity index (χ4n) is 3.25. The third-order valence-electron chi connectivity index (χ3n) is 6.69. The van der Waals surface area contributed by atoms with Crippen LogP contribution in [0.4, 0.5) is 35.1 Å². The summed E-state index contributed by atoms with van der Waals surface area (Å²) in [7, 11) is -6.46. The number of ether oxygens (including phenoxy) is 2. The fraction of sp³-hybridized carbons (Fsp3) is 0.536. The van der Waals surface area contributed by atoms with Gasteiger partial charge in [0.05, 0.1) is 5.56 Å². The zero-order valence-electron chi connectivity index (χ0n) is 24.3. The van der Waals surface area contributed by atoms with Gasteiger partial charge in [0, 0.05) is 0 Å². The lowest BCUT2D eigenvalue weighted by molar-refractivity contribution is -0.260. The summed E-state index contributed by atoms with van der Waals surface area (Å²) < 4.78 is 140. The van der Waals surface area contributed by atoms with E-state index in [0.29, 0.717) is 18.6 Å². The highest BCUT2D eigenvalue weighted by atomic mass is 32.2. The summed E-state index contributed by atoms with van der Waals surface area (Å²) in [5.74, 6) is -0.998. The minimum atomic E-state index is -6.46. The van der Waals surface area contributed by atoms with Gasteiger partial charge < -0.3 is 14.6 Å². The van der Waals surface area contributed by atoms with Crippen LogP contribution in [0.15, 0.2) is 48.5 Å². The molecular formula is C28H34F8O7S. The molecule has 4 unspecified atom stereocenters. The number of rotatable bonds is 11. The zero-order chi connectivity index (χ0) is 34.3. The van der Waals surface area contributed by atoms with Gasteiger partial charge in [0.2, 0.25) is 0 Å². The lowest BCUT2D eigenvalue weighted by Crippen LogP contribution is -2.52. The van der Waals surface area contributed by atoms with E-state index in [9.17, 15) is 53.4 Å². The van der Waals surface area contributed by atoms with Gasteiger partial charge >= 0.3 is 33.7 Å². The lowest BCUT2D eigenvalue weighted by Gasteiger charge is -2.26. The molecule has 2 aromatic rings. The Hall–Kier alpha value is -2.98. The summed E-state index contributed by atoms with van der Waals surface area (Å²) in [6.07, 6.45) is -13.2. The molecule has 0 aliphatic heterocycles. The SMILES string of the molecule is CCC(C)c1ccc(C(=O)OC(C(F)(F)F)C(F)(F)S(=O)(=O)O)cc1.CCC(C)c1ccc(OCC(C)(O)C(F)(F)F)cc1. The number of benzene rings is 2. The second kappa shape index (κ2) is 14.9. The van der Waals surface area contributed by atoms with E-state index in [1.807, 2.05) is 26.0 Å². The third kappa shape index (κ3) is 10.6. The summed E-state index contributed by atoms with van der Waals surface area (Å²) in [4.78, 5) is 11.7. The Morgan fingerprint density at radius 3 is 1.57 bits per heavy atom. The molecule has 2 aromatic carbocycles. The minimum absolute atomic E-state index is 0.0943. The van der Waals surface area contributed by atoms with E-state index in [1.54, 1.807) is 12.1 Å². The molecule has 0 saturated carbocycles. The highest BCUT2D eigenvalue weighted by Crippen LogP contribution is 2.38. The van der Waals surface area contributed by atoms with Crippen molar-refractivity contribution in [1.82, 2.24) is 0 Å². The number of aliphatic hydroxyl groups is 1. The summed E-state index contributed by atoms with van der Waals surface area (Å²) in [6.45, 7) is 7.76. The minimum Gasteiger partial charge on any atom is -0.490 e. The quantitative estimate of drug-likeness (QED) is 0.144. The molecular weight excluding hydrogens is 632 g/mol. The summed E-state index contributed by atoms with van der Waals surface area (Å²) in [5, 5.41) is 3.49. The number of carbonyl (C=O) groups is 1. The lowest BCUT2D eigenvalue weighted by atomic mass is 9.98. The Kier molecular flexibility index (Phi) is 13.2. The van der Waals surface area contributed by atoms with Crippen LogP contribution in [-0.2, 0) is 14.9 Å². The van der Waals surface area contributed by atoms with Crippen molar-refractivity contribution < 1.29 is 67.5 Å². The van der Waals surface area contributed by atoms with E-state index in [1.165, 1.54) is 12.1 Å². The Labute approximate surface area is 249 Å². The predicted molar refractivity (Wildman–Crippen MR) is 144 cm³/mol. The summed E-state index contributed by atoms with van der Waals surface area (Å²) in [5.41, 5.74) is -1.46. The molecule has 0 fully saturated rings. The summed E-state index contributed by atoms with van der Waals surface area (Å²) >= 11 is 0. The first kappa shape index (κ1) is 39.0. The van der Waals surface area contributed by atoms with E-state index >= 15 is 0 Å². The van der Waals surface area contributed by atoms with Crippen LogP contribution >= 0.6 is 0 Å². The molecule has 0 saturated heterocycles. The van der Waals surface area contributed by atoms with Gasteiger partial charge in [0.25, 0.3) is 6.10 Å². The van der Waals surface area contributed by atoms with Crippen molar-refractivity contribution in [2.24, 2.45) is 0 Å². The molecule has 0 amide bonds. The smallest absolute Gasteiger partial charge is 0.432 e. The zero-order valence-corrected chi connectivity index (χ0v) is 25.2. The van der Waals surface area contributed by atoms with Gasteiger partial charge in [-0.05, 0) is 67.0 Å². The van der Waals surface area contributed by atoms with Crippen LogP contribution in [0, 0.1) is 0 Å². The number of hydrogen-bond acceptors (Lipinski definition) is 6. The molecule has 2 N–H and O–H groups in total. The molecule has 250 valence electrons. The maximum atomic E-state index is 13.3. The molecule has 0 aliphatic rings. The molecule has 16 heteroatoms. The molecule has 0 spiro atoms. The molecule has 7 nitrogen and oxygen atoms in total.